The van der Waals surface area contributed by atoms with E-state index in [-0.39, 0.29) is 18.1 Å². The largest absolute Gasteiger partial charge is 0.379 e. The fourth-order valence-corrected chi connectivity index (χ4v) is 3.92. The minimum atomic E-state index is 0.00813. The van der Waals surface area contributed by atoms with Gasteiger partial charge in [0.15, 0.2) is 0 Å². The molecule has 4 nitrogen and oxygen atoms in total. The van der Waals surface area contributed by atoms with Gasteiger partial charge in [-0.15, -0.1) is 0 Å². The van der Waals surface area contributed by atoms with Crippen LogP contribution in [0.3, 0.4) is 0 Å². The van der Waals surface area contributed by atoms with Crippen LogP contribution in [0.15, 0.2) is 24.3 Å². The van der Waals surface area contributed by atoms with Gasteiger partial charge in [0.2, 0.25) is 5.91 Å². The van der Waals surface area contributed by atoms with E-state index in [1.165, 1.54) is 24.0 Å². The van der Waals surface area contributed by atoms with Crippen LogP contribution in [0.2, 0.25) is 0 Å². The third-order valence-corrected chi connectivity index (χ3v) is 5.49. The molecular formula is C20H27NO3. The third kappa shape index (κ3) is 3.98. The number of fused-ring (bicyclic) bond motifs is 1. The maximum Gasteiger partial charge on any atom is 0.220 e. The molecule has 2 aliphatic carbocycles. The first-order valence-electron chi connectivity index (χ1n) is 9.33. The highest BCUT2D eigenvalue weighted by Gasteiger charge is 2.31. The topological polar surface area (TPSA) is 47.6 Å². The van der Waals surface area contributed by atoms with Crippen molar-refractivity contribution >= 4 is 5.91 Å². The van der Waals surface area contributed by atoms with Crippen molar-refractivity contribution in [2.75, 3.05) is 19.8 Å². The molecule has 1 saturated heterocycles. The second kappa shape index (κ2) is 7.24. The summed E-state index contributed by atoms with van der Waals surface area (Å²) in [5.74, 6) is 1.32. The molecule has 3 aliphatic rings. The standard InChI is InChI=1S/C20H27NO3/c22-20(11-15-9-16-3-1-2-4-17(16)10-15)21-18-13-23-8-7-19(18)24-12-14-5-6-14/h1-4,14-15,18-19H,5-13H2,(H,21,22). The number of nitrogens with one attached hydrogen (secondary N) is 1. The summed E-state index contributed by atoms with van der Waals surface area (Å²) in [6.07, 6.45) is 6.22. The normalized spacial score (nSPS) is 27.0. The molecule has 2 unspecified atom stereocenters. The van der Waals surface area contributed by atoms with Gasteiger partial charge in [-0.1, -0.05) is 24.3 Å². The molecule has 1 aromatic rings. The van der Waals surface area contributed by atoms with Crippen LogP contribution in [-0.2, 0) is 27.1 Å². The van der Waals surface area contributed by atoms with Crippen LogP contribution in [0.25, 0.3) is 0 Å². The van der Waals surface area contributed by atoms with Gasteiger partial charge in [-0.2, -0.15) is 0 Å². The number of ether oxygens (including phenoxy) is 2. The lowest BCUT2D eigenvalue weighted by Gasteiger charge is -2.32. The number of amides is 1. The molecule has 0 bridgehead atoms. The molecule has 0 radical (unpaired) electrons. The van der Waals surface area contributed by atoms with Gasteiger partial charge in [0.1, 0.15) is 0 Å². The van der Waals surface area contributed by atoms with Gasteiger partial charge in [-0.3, -0.25) is 4.79 Å². The Kier molecular flexibility index (Phi) is 4.86. The van der Waals surface area contributed by atoms with Gasteiger partial charge in [0.05, 0.1) is 18.8 Å². The highest BCUT2D eigenvalue weighted by molar-refractivity contribution is 5.76. The number of hydrogen-bond acceptors (Lipinski definition) is 3. The van der Waals surface area contributed by atoms with E-state index < -0.39 is 0 Å². The quantitative estimate of drug-likeness (QED) is 0.872. The molecule has 1 saturated carbocycles. The average Bonchev–Trinajstić information content (AvgIpc) is 3.32. The number of hydrogen-bond donors (Lipinski definition) is 1. The third-order valence-electron chi connectivity index (χ3n) is 5.49. The van der Waals surface area contributed by atoms with Crippen molar-refractivity contribution in [3.05, 3.63) is 35.4 Å². The summed E-state index contributed by atoms with van der Waals surface area (Å²) >= 11 is 0. The van der Waals surface area contributed by atoms with Gasteiger partial charge in [0.25, 0.3) is 0 Å². The van der Waals surface area contributed by atoms with E-state index in [1.807, 2.05) is 0 Å². The van der Waals surface area contributed by atoms with Crippen molar-refractivity contribution in [2.45, 2.75) is 50.7 Å². The molecule has 2 atom stereocenters. The number of carbonyl (C=O) groups excluding carboxylic acids is 1. The second-order valence-corrected chi connectivity index (χ2v) is 7.60. The van der Waals surface area contributed by atoms with E-state index in [4.69, 9.17) is 9.47 Å². The number of carbonyl (C=O) groups is 1. The lowest BCUT2D eigenvalue weighted by molar-refractivity contribution is -0.127. The average molecular weight is 329 g/mol. The van der Waals surface area contributed by atoms with Gasteiger partial charge in [0, 0.05) is 19.6 Å². The predicted octanol–water partition coefficient (Wildman–Crippen LogP) is 2.49. The van der Waals surface area contributed by atoms with Crippen molar-refractivity contribution in [1.29, 1.82) is 0 Å². The molecule has 1 aromatic carbocycles. The van der Waals surface area contributed by atoms with Crippen molar-refractivity contribution in [1.82, 2.24) is 5.32 Å². The van der Waals surface area contributed by atoms with Crippen LogP contribution in [0.1, 0.15) is 36.8 Å². The van der Waals surface area contributed by atoms with E-state index in [0.717, 1.165) is 38.4 Å². The Morgan fingerprint density at radius 2 is 1.88 bits per heavy atom. The Labute approximate surface area is 143 Å². The lowest BCUT2D eigenvalue weighted by atomic mass is 10.0. The minimum Gasteiger partial charge on any atom is -0.379 e. The minimum absolute atomic E-state index is 0.00813. The zero-order chi connectivity index (χ0) is 16.4. The van der Waals surface area contributed by atoms with Crippen LogP contribution in [0, 0.1) is 11.8 Å². The molecule has 4 rings (SSSR count). The maximum atomic E-state index is 12.5. The molecule has 1 aliphatic heterocycles. The van der Waals surface area contributed by atoms with E-state index in [9.17, 15) is 4.79 Å². The van der Waals surface area contributed by atoms with Crippen LogP contribution in [-0.4, -0.2) is 37.9 Å². The monoisotopic (exact) mass is 329 g/mol. The summed E-state index contributed by atoms with van der Waals surface area (Å²) in [7, 11) is 0. The fraction of sp³-hybridized carbons (Fsp3) is 0.650. The molecule has 1 amide bonds. The SMILES string of the molecule is O=C(CC1Cc2ccccc2C1)NC1COCCC1OCC1CC1. The lowest BCUT2D eigenvalue weighted by Crippen LogP contribution is -2.51. The summed E-state index contributed by atoms with van der Waals surface area (Å²) in [4.78, 5) is 12.5. The zero-order valence-corrected chi connectivity index (χ0v) is 14.2. The van der Waals surface area contributed by atoms with Gasteiger partial charge in [-0.25, -0.2) is 0 Å². The second-order valence-electron chi connectivity index (χ2n) is 7.60. The highest BCUT2D eigenvalue weighted by Crippen LogP contribution is 2.30. The molecule has 0 spiro atoms. The Balaban J connectivity index is 1.27. The Bertz CT molecular complexity index is 559. The van der Waals surface area contributed by atoms with Crippen LogP contribution in [0.4, 0.5) is 0 Å². The van der Waals surface area contributed by atoms with Crippen LogP contribution in [0.5, 0.6) is 0 Å². The van der Waals surface area contributed by atoms with E-state index in [1.54, 1.807) is 0 Å². The Morgan fingerprint density at radius 3 is 2.58 bits per heavy atom. The first-order valence-corrected chi connectivity index (χ1v) is 9.33. The van der Waals surface area contributed by atoms with Gasteiger partial charge >= 0.3 is 0 Å². The molecule has 1 heterocycles. The predicted molar refractivity (Wildman–Crippen MR) is 91.8 cm³/mol. The van der Waals surface area contributed by atoms with Crippen molar-refractivity contribution in [2.24, 2.45) is 11.8 Å². The number of benzene rings is 1. The maximum absolute atomic E-state index is 12.5. The summed E-state index contributed by atoms with van der Waals surface area (Å²) in [6, 6.07) is 8.55. The van der Waals surface area contributed by atoms with Crippen LogP contribution < -0.4 is 5.32 Å². The molecule has 24 heavy (non-hydrogen) atoms. The smallest absolute Gasteiger partial charge is 0.220 e. The Hall–Kier alpha value is -1.39. The first-order chi connectivity index (χ1) is 11.8. The van der Waals surface area contributed by atoms with E-state index in [2.05, 4.69) is 29.6 Å². The summed E-state index contributed by atoms with van der Waals surface area (Å²) < 4.78 is 11.6. The highest BCUT2D eigenvalue weighted by atomic mass is 16.5. The zero-order valence-electron chi connectivity index (χ0n) is 14.2. The fourth-order valence-electron chi connectivity index (χ4n) is 3.92. The van der Waals surface area contributed by atoms with Crippen molar-refractivity contribution < 1.29 is 14.3 Å². The van der Waals surface area contributed by atoms with Crippen LogP contribution >= 0.6 is 0 Å². The molecule has 0 aromatic heterocycles. The summed E-state index contributed by atoms with van der Waals surface area (Å²) in [5.41, 5.74) is 2.81. The van der Waals surface area contributed by atoms with Crippen molar-refractivity contribution in [3.8, 4) is 0 Å². The molecule has 1 N–H and O–H groups in total. The van der Waals surface area contributed by atoms with E-state index in [0.29, 0.717) is 18.9 Å². The Morgan fingerprint density at radius 1 is 1.12 bits per heavy atom. The molecule has 4 heteroatoms. The molecule has 2 fully saturated rings. The van der Waals surface area contributed by atoms with E-state index >= 15 is 0 Å². The van der Waals surface area contributed by atoms with Crippen molar-refractivity contribution in [3.63, 3.8) is 0 Å². The van der Waals surface area contributed by atoms with Gasteiger partial charge < -0.3 is 14.8 Å². The number of rotatable bonds is 6. The summed E-state index contributed by atoms with van der Waals surface area (Å²) in [6.45, 7) is 2.15. The molecule has 130 valence electrons. The first kappa shape index (κ1) is 16.1. The summed E-state index contributed by atoms with van der Waals surface area (Å²) in [5, 5.41) is 3.18. The molecular weight excluding hydrogens is 302 g/mol. The van der Waals surface area contributed by atoms with Gasteiger partial charge in [-0.05, 0) is 55.1 Å².